The van der Waals surface area contributed by atoms with Gasteiger partial charge in [0.25, 0.3) is 0 Å². The maximum atomic E-state index is 14.4. The maximum Gasteiger partial charge on any atom is 0.432 e. The molecule has 1 aliphatic rings. The van der Waals surface area contributed by atoms with Crippen LogP contribution in [0.1, 0.15) is 10.6 Å². The molecule has 0 radical (unpaired) electrons. The monoisotopic (exact) mass is 496 g/mol. The van der Waals surface area contributed by atoms with Crippen LogP contribution in [0.3, 0.4) is 0 Å². The second-order valence-corrected chi connectivity index (χ2v) is 8.35. The molecule has 2 aromatic carbocycles. The summed E-state index contributed by atoms with van der Waals surface area (Å²) in [5, 5.41) is 9.66. The van der Waals surface area contributed by atoms with E-state index in [9.17, 15) is 35.5 Å². The maximum absolute atomic E-state index is 14.4. The molecule has 32 heavy (non-hydrogen) atoms. The minimum Gasteiger partial charge on any atom is -0.480 e. The summed E-state index contributed by atoms with van der Waals surface area (Å²) in [5.74, 6) is -14.6. The van der Waals surface area contributed by atoms with E-state index >= 15 is 0 Å². The molecule has 0 amide bonds. The summed E-state index contributed by atoms with van der Waals surface area (Å²) in [5.41, 5.74) is -2.12. The van der Waals surface area contributed by atoms with Crippen LogP contribution in [0, 0.1) is 29.1 Å². The van der Waals surface area contributed by atoms with Gasteiger partial charge in [0.1, 0.15) is 21.4 Å². The molecule has 0 bridgehead atoms. The van der Waals surface area contributed by atoms with Gasteiger partial charge in [-0.2, -0.15) is 8.78 Å². The Kier molecular flexibility index (Phi) is 5.53. The van der Waals surface area contributed by atoms with Gasteiger partial charge in [0, 0.05) is 5.75 Å². The number of rotatable bonds is 5. The normalized spacial score (nSPS) is 16.5. The van der Waals surface area contributed by atoms with Crippen LogP contribution >= 0.6 is 23.1 Å². The van der Waals surface area contributed by atoms with Crippen LogP contribution in [0.5, 0.6) is 5.75 Å². The average molecular weight is 496 g/mol. The van der Waals surface area contributed by atoms with Crippen molar-refractivity contribution in [2.75, 3.05) is 5.75 Å². The first kappa shape index (κ1) is 22.3. The molecule has 1 N–H and O–H groups in total. The molecule has 4 rings (SSSR count). The summed E-state index contributed by atoms with van der Waals surface area (Å²) in [6.07, 6.45) is -4.90. The number of ether oxygens (including phenoxy) is 1. The molecule has 5 nitrogen and oxygen atoms in total. The molecule has 3 aromatic rings. The summed E-state index contributed by atoms with van der Waals surface area (Å²) in [7, 11) is 0. The number of carboxylic acid groups (broad SMARTS) is 1. The van der Waals surface area contributed by atoms with Crippen molar-refractivity contribution in [2.24, 2.45) is 4.99 Å². The van der Waals surface area contributed by atoms with E-state index in [0.29, 0.717) is 15.6 Å². The number of alkyl halides is 2. The van der Waals surface area contributed by atoms with Crippen LogP contribution in [-0.2, 0) is 10.9 Å². The summed E-state index contributed by atoms with van der Waals surface area (Å²) in [4.78, 5) is 19.2. The number of aliphatic carboxylic acids is 1. The molecule has 0 spiro atoms. The zero-order valence-electron chi connectivity index (χ0n) is 15.1. The van der Waals surface area contributed by atoms with Crippen LogP contribution in [0.2, 0.25) is 0 Å². The first-order valence-electron chi connectivity index (χ1n) is 8.42. The SMILES string of the molecule is O=C(O)C1CSC(c2nc3ccc(OC(F)(F)c4c(F)c(F)c(F)c(F)c4F)cc3s2)=N1. The third kappa shape index (κ3) is 3.77. The molecule has 2 heterocycles. The Morgan fingerprint density at radius 1 is 1.06 bits per heavy atom. The van der Waals surface area contributed by atoms with Crippen molar-refractivity contribution in [1.29, 1.82) is 0 Å². The Labute approximate surface area is 181 Å². The molecular weight excluding hydrogens is 489 g/mol. The van der Waals surface area contributed by atoms with Gasteiger partial charge >= 0.3 is 12.1 Å². The van der Waals surface area contributed by atoms with Crippen molar-refractivity contribution in [3.63, 3.8) is 0 Å². The predicted molar refractivity (Wildman–Crippen MR) is 101 cm³/mol. The molecule has 1 atom stereocenters. The molecular formula is C18H7F7N2O3S2. The highest BCUT2D eigenvalue weighted by Crippen LogP contribution is 2.39. The molecule has 0 saturated carbocycles. The minimum absolute atomic E-state index is 0.198. The van der Waals surface area contributed by atoms with E-state index < -0.39 is 58.5 Å². The van der Waals surface area contributed by atoms with E-state index in [1.807, 2.05) is 0 Å². The Morgan fingerprint density at radius 3 is 2.28 bits per heavy atom. The number of hydrogen-bond donors (Lipinski definition) is 1. The van der Waals surface area contributed by atoms with Crippen molar-refractivity contribution in [3.05, 3.63) is 57.9 Å². The van der Waals surface area contributed by atoms with Crippen molar-refractivity contribution < 1.29 is 45.4 Å². The first-order valence-corrected chi connectivity index (χ1v) is 10.2. The summed E-state index contributed by atoms with van der Waals surface area (Å²) in [6.45, 7) is 0. The van der Waals surface area contributed by atoms with Crippen LogP contribution in [0.4, 0.5) is 30.7 Å². The van der Waals surface area contributed by atoms with Gasteiger partial charge in [-0.3, -0.25) is 4.99 Å². The van der Waals surface area contributed by atoms with Gasteiger partial charge in [-0.15, -0.1) is 23.1 Å². The van der Waals surface area contributed by atoms with E-state index in [2.05, 4.69) is 14.7 Å². The molecule has 0 saturated heterocycles. The van der Waals surface area contributed by atoms with E-state index in [1.165, 1.54) is 6.07 Å². The van der Waals surface area contributed by atoms with E-state index in [1.54, 1.807) is 0 Å². The van der Waals surface area contributed by atoms with Gasteiger partial charge < -0.3 is 9.84 Å². The highest BCUT2D eigenvalue weighted by Gasteiger charge is 2.45. The van der Waals surface area contributed by atoms with Gasteiger partial charge in [0.15, 0.2) is 29.3 Å². The second-order valence-electron chi connectivity index (χ2n) is 6.31. The standard InChI is InChI=1S/C18H7F7N2O3S2/c19-10-9(11(20)13(22)14(23)12(10)21)18(24,25)30-5-1-2-6-8(3-5)32-16(26-6)15-27-7(4-31-15)17(28)29/h1-3,7H,4H2,(H,28,29). The van der Waals surface area contributed by atoms with Crippen LogP contribution in [0.15, 0.2) is 23.2 Å². The lowest BCUT2D eigenvalue weighted by molar-refractivity contribution is -0.190. The lowest BCUT2D eigenvalue weighted by atomic mass is 10.1. The molecule has 1 aromatic heterocycles. The third-order valence-corrected chi connectivity index (χ3v) is 6.43. The number of fused-ring (bicyclic) bond motifs is 1. The topological polar surface area (TPSA) is 71.8 Å². The second kappa shape index (κ2) is 7.92. The highest BCUT2D eigenvalue weighted by atomic mass is 32.2. The lowest BCUT2D eigenvalue weighted by Crippen LogP contribution is -2.27. The number of aliphatic imine (C=N–C) groups is 1. The molecule has 14 heteroatoms. The summed E-state index contributed by atoms with van der Waals surface area (Å²) < 4.78 is 101. The number of thiazole rings is 1. The Bertz CT molecular complexity index is 1270. The fraction of sp³-hybridized carbons (Fsp3) is 0.167. The molecule has 0 aliphatic carbocycles. The third-order valence-electron chi connectivity index (χ3n) is 4.23. The fourth-order valence-corrected chi connectivity index (χ4v) is 4.83. The summed E-state index contributed by atoms with van der Waals surface area (Å²) >= 11 is 2.11. The molecule has 1 aliphatic heterocycles. The minimum atomic E-state index is -4.90. The number of thioether (sulfide) groups is 1. The number of carboxylic acids is 1. The van der Waals surface area contributed by atoms with E-state index in [-0.39, 0.29) is 10.5 Å². The number of halogens is 7. The van der Waals surface area contributed by atoms with Crippen LogP contribution in [0.25, 0.3) is 10.2 Å². The fourth-order valence-electron chi connectivity index (χ4n) is 2.74. The Hall–Kier alpha value is -2.87. The number of carbonyl (C=O) groups is 1. The number of aromatic nitrogens is 1. The average Bonchev–Trinajstić information content (AvgIpc) is 3.37. The quantitative estimate of drug-likeness (QED) is 0.304. The van der Waals surface area contributed by atoms with Gasteiger partial charge in [-0.25, -0.2) is 31.7 Å². The van der Waals surface area contributed by atoms with E-state index in [0.717, 1.165) is 35.2 Å². The van der Waals surface area contributed by atoms with Gasteiger partial charge in [0.2, 0.25) is 5.82 Å². The smallest absolute Gasteiger partial charge is 0.432 e. The predicted octanol–water partition coefficient (Wildman–Crippen LogP) is 5.07. The van der Waals surface area contributed by atoms with Crippen molar-refractivity contribution in [1.82, 2.24) is 4.98 Å². The number of benzene rings is 2. The highest BCUT2D eigenvalue weighted by molar-refractivity contribution is 8.15. The Balaban J connectivity index is 1.67. The molecule has 1 unspecified atom stereocenters. The van der Waals surface area contributed by atoms with Gasteiger partial charge in [-0.1, -0.05) is 0 Å². The lowest BCUT2D eigenvalue weighted by Gasteiger charge is -2.20. The zero-order valence-corrected chi connectivity index (χ0v) is 16.8. The van der Waals surface area contributed by atoms with Crippen molar-refractivity contribution in [3.8, 4) is 5.75 Å². The number of hydrogen-bond acceptors (Lipinski definition) is 6. The molecule has 0 fully saturated rings. The first-order chi connectivity index (χ1) is 15.0. The zero-order chi connectivity index (χ0) is 23.4. The largest absolute Gasteiger partial charge is 0.480 e. The van der Waals surface area contributed by atoms with E-state index in [4.69, 9.17) is 5.11 Å². The van der Waals surface area contributed by atoms with Crippen molar-refractivity contribution >= 4 is 44.3 Å². The van der Waals surface area contributed by atoms with Crippen molar-refractivity contribution in [2.45, 2.75) is 12.2 Å². The van der Waals surface area contributed by atoms with Crippen LogP contribution < -0.4 is 4.74 Å². The van der Waals surface area contributed by atoms with Crippen LogP contribution in [-0.4, -0.2) is 32.9 Å². The molecule has 168 valence electrons. The number of nitrogens with zero attached hydrogens (tertiary/aromatic N) is 2. The van der Waals surface area contributed by atoms with Gasteiger partial charge in [0.05, 0.1) is 10.2 Å². The van der Waals surface area contributed by atoms with Gasteiger partial charge in [-0.05, 0) is 18.2 Å². The Morgan fingerprint density at radius 2 is 1.69 bits per heavy atom. The summed E-state index contributed by atoms with van der Waals surface area (Å²) in [6, 6.07) is 2.29.